The SMILES string of the molecule is O=C([C@@H]1CCCCN1Cc1cccs1)N1CC(F)(F)C1. The third-order valence-electron chi connectivity index (χ3n) is 3.99. The van der Waals surface area contributed by atoms with Crippen LogP contribution in [0.1, 0.15) is 24.1 Å². The fourth-order valence-corrected chi connectivity index (χ4v) is 3.67. The fourth-order valence-electron chi connectivity index (χ4n) is 2.94. The van der Waals surface area contributed by atoms with E-state index in [0.29, 0.717) is 0 Å². The summed E-state index contributed by atoms with van der Waals surface area (Å²) in [5.41, 5.74) is 0. The van der Waals surface area contributed by atoms with Crippen molar-refractivity contribution in [2.24, 2.45) is 0 Å². The van der Waals surface area contributed by atoms with Gasteiger partial charge < -0.3 is 4.90 Å². The molecule has 1 aromatic heterocycles. The van der Waals surface area contributed by atoms with E-state index in [1.54, 1.807) is 11.3 Å². The number of amides is 1. The van der Waals surface area contributed by atoms with Gasteiger partial charge >= 0.3 is 0 Å². The summed E-state index contributed by atoms with van der Waals surface area (Å²) < 4.78 is 25.8. The molecule has 3 heterocycles. The minimum absolute atomic E-state index is 0.118. The van der Waals surface area contributed by atoms with Crippen molar-refractivity contribution in [3.05, 3.63) is 22.4 Å². The van der Waals surface area contributed by atoms with Crippen LogP contribution in [-0.2, 0) is 11.3 Å². The molecule has 0 spiro atoms. The van der Waals surface area contributed by atoms with Crippen LogP contribution in [0.5, 0.6) is 0 Å². The van der Waals surface area contributed by atoms with Gasteiger partial charge in [0, 0.05) is 11.4 Å². The molecular formula is C14H18F2N2OS. The number of alkyl halides is 2. The molecule has 20 heavy (non-hydrogen) atoms. The van der Waals surface area contributed by atoms with Crippen LogP contribution in [0.25, 0.3) is 0 Å². The molecule has 110 valence electrons. The second kappa shape index (κ2) is 5.41. The normalized spacial score (nSPS) is 26.3. The van der Waals surface area contributed by atoms with E-state index in [9.17, 15) is 13.6 Å². The summed E-state index contributed by atoms with van der Waals surface area (Å²) in [5, 5.41) is 2.02. The Kier molecular flexibility index (Phi) is 3.77. The topological polar surface area (TPSA) is 23.6 Å². The third-order valence-corrected chi connectivity index (χ3v) is 4.85. The van der Waals surface area contributed by atoms with Gasteiger partial charge in [-0.3, -0.25) is 9.69 Å². The molecular weight excluding hydrogens is 282 g/mol. The Bertz CT molecular complexity index is 470. The van der Waals surface area contributed by atoms with E-state index in [2.05, 4.69) is 11.0 Å². The molecule has 0 radical (unpaired) electrons. The van der Waals surface area contributed by atoms with E-state index in [1.807, 2.05) is 11.4 Å². The highest BCUT2D eigenvalue weighted by atomic mass is 32.1. The second-order valence-electron chi connectivity index (χ2n) is 5.61. The maximum Gasteiger partial charge on any atom is 0.282 e. The van der Waals surface area contributed by atoms with E-state index in [-0.39, 0.29) is 11.9 Å². The smallest absolute Gasteiger partial charge is 0.282 e. The quantitative estimate of drug-likeness (QED) is 0.856. The lowest BCUT2D eigenvalue weighted by Crippen LogP contribution is -2.63. The van der Waals surface area contributed by atoms with Gasteiger partial charge in [-0.15, -0.1) is 11.3 Å². The van der Waals surface area contributed by atoms with E-state index < -0.39 is 19.0 Å². The summed E-state index contributed by atoms with van der Waals surface area (Å²) in [5.74, 6) is -2.80. The second-order valence-corrected chi connectivity index (χ2v) is 6.64. The number of hydrogen-bond acceptors (Lipinski definition) is 3. The molecule has 3 rings (SSSR count). The summed E-state index contributed by atoms with van der Waals surface area (Å²) in [6, 6.07) is 3.83. The Morgan fingerprint density at radius 3 is 2.85 bits per heavy atom. The van der Waals surface area contributed by atoms with E-state index >= 15 is 0 Å². The van der Waals surface area contributed by atoms with Crippen molar-refractivity contribution < 1.29 is 13.6 Å². The number of thiophene rings is 1. The molecule has 2 fully saturated rings. The Hall–Kier alpha value is -1.01. The first-order valence-corrected chi connectivity index (χ1v) is 7.86. The summed E-state index contributed by atoms with van der Waals surface area (Å²) >= 11 is 1.67. The van der Waals surface area contributed by atoms with Crippen LogP contribution in [0.4, 0.5) is 8.78 Å². The first kappa shape index (κ1) is 13.9. The lowest BCUT2D eigenvalue weighted by atomic mass is 9.98. The number of hydrogen-bond donors (Lipinski definition) is 0. The van der Waals surface area contributed by atoms with E-state index in [0.717, 1.165) is 32.4 Å². The summed E-state index contributed by atoms with van der Waals surface area (Å²) in [6.45, 7) is 0.807. The first-order chi connectivity index (χ1) is 9.55. The number of piperidine rings is 1. The Balaban J connectivity index is 1.64. The number of likely N-dealkylation sites (tertiary alicyclic amines) is 2. The van der Waals surface area contributed by atoms with Crippen LogP contribution < -0.4 is 0 Å². The van der Waals surface area contributed by atoms with Crippen molar-refractivity contribution in [2.45, 2.75) is 37.8 Å². The van der Waals surface area contributed by atoms with Crippen LogP contribution in [0.2, 0.25) is 0 Å². The lowest BCUT2D eigenvalue weighted by molar-refractivity contribution is -0.171. The average molecular weight is 300 g/mol. The molecule has 2 aliphatic heterocycles. The zero-order valence-electron chi connectivity index (χ0n) is 11.2. The number of carbonyl (C=O) groups excluding carboxylic acids is 1. The van der Waals surface area contributed by atoms with Crippen LogP contribution in [0.3, 0.4) is 0 Å². The maximum absolute atomic E-state index is 12.9. The van der Waals surface area contributed by atoms with Crippen molar-refractivity contribution >= 4 is 17.2 Å². The molecule has 3 nitrogen and oxygen atoms in total. The van der Waals surface area contributed by atoms with Gasteiger partial charge in [-0.25, -0.2) is 8.78 Å². The maximum atomic E-state index is 12.9. The molecule has 1 atom stereocenters. The molecule has 0 aromatic carbocycles. The molecule has 0 bridgehead atoms. The van der Waals surface area contributed by atoms with Crippen LogP contribution >= 0.6 is 11.3 Å². The van der Waals surface area contributed by atoms with Crippen molar-refractivity contribution in [3.63, 3.8) is 0 Å². The highest BCUT2D eigenvalue weighted by Gasteiger charge is 2.48. The van der Waals surface area contributed by atoms with E-state index in [4.69, 9.17) is 0 Å². The molecule has 0 N–H and O–H groups in total. The molecule has 6 heteroatoms. The fraction of sp³-hybridized carbons (Fsp3) is 0.643. The molecule has 0 aliphatic carbocycles. The van der Waals surface area contributed by atoms with Gasteiger partial charge in [0.1, 0.15) is 0 Å². The van der Waals surface area contributed by atoms with Crippen LogP contribution in [0, 0.1) is 0 Å². The van der Waals surface area contributed by atoms with E-state index in [1.165, 1.54) is 9.78 Å². The Labute approximate surface area is 121 Å². The van der Waals surface area contributed by atoms with Crippen LogP contribution in [-0.4, -0.2) is 47.3 Å². The highest BCUT2D eigenvalue weighted by Crippen LogP contribution is 2.30. The number of nitrogens with zero attached hydrogens (tertiary/aromatic N) is 2. The molecule has 2 aliphatic rings. The van der Waals surface area contributed by atoms with Gasteiger partial charge in [0.15, 0.2) is 0 Å². The predicted molar refractivity (Wildman–Crippen MR) is 73.9 cm³/mol. The van der Waals surface area contributed by atoms with Crippen molar-refractivity contribution in [1.29, 1.82) is 0 Å². The van der Waals surface area contributed by atoms with Crippen LogP contribution in [0.15, 0.2) is 17.5 Å². The first-order valence-electron chi connectivity index (χ1n) is 6.98. The lowest BCUT2D eigenvalue weighted by Gasteiger charge is -2.43. The third kappa shape index (κ3) is 2.86. The van der Waals surface area contributed by atoms with Gasteiger partial charge in [0.25, 0.3) is 5.92 Å². The molecule has 1 aromatic rings. The van der Waals surface area contributed by atoms with Gasteiger partial charge in [0.05, 0.1) is 19.1 Å². The van der Waals surface area contributed by atoms with Crippen molar-refractivity contribution in [3.8, 4) is 0 Å². The zero-order valence-corrected chi connectivity index (χ0v) is 12.0. The number of halogens is 2. The summed E-state index contributed by atoms with van der Waals surface area (Å²) in [6.07, 6.45) is 2.86. The number of rotatable bonds is 3. The van der Waals surface area contributed by atoms with Gasteiger partial charge in [-0.05, 0) is 30.8 Å². The monoisotopic (exact) mass is 300 g/mol. The summed E-state index contributed by atoms with van der Waals surface area (Å²) in [4.78, 5) is 17.0. The zero-order chi connectivity index (χ0) is 14.2. The predicted octanol–water partition coefficient (Wildman–Crippen LogP) is 2.58. The highest BCUT2D eigenvalue weighted by molar-refractivity contribution is 7.09. The Morgan fingerprint density at radius 2 is 2.20 bits per heavy atom. The minimum Gasteiger partial charge on any atom is -0.329 e. The molecule has 2 saturated heterocycles. The van der Waals surface area contributed by atoms with Gasteiger partial charge in [0.2, 0.25) is 5.91 Å². The minimum atomic E-state index is -2.68. The summed E-state index contributed by atoms with van der Waals surface area (Å²) in [7, 11) is 0. The molecule has 0 unspecified atom stereocenters. The van der Waals surface area contributed by atoms with Gasteiger partial charge in [-0.2, -0.15) is 0 Å². The van der Waals surface area contributed by atoms with Crippen molar-refractivity contribution in [2.75, 3.05) is 19.6 Å². The van der Waals surface area contributed by atoms with Crippen molar-refractivity contribution in [1.82, 2.24) is 9.80 Å². The average Bonchev–Trinajstić information content (AvgIpc) is 2.88. The Morgan fingerprint density at radius 1 is 1.40 bits per heavy atom. The molecule has 1 amide bonds. The molecule has 0 saturated carbocycles. The largest absolute Gasteiger partial charge is 0.329 e. The van der Waals surface area contributed by atoms with Gasteiger partial charge in [-0.1, -0.05) is 12.5 Å². The standard InChI is InChI=1S/C14H18F2N2OS/c15-14(16)9-18(10-14)13(19)12-5-1-2-6-17(12)8-11-4-3-7-20-11/h3-4,7,12H,1-2,5-6,8-10H2/t12-/m0/s1. The number of carbonyl (C=O) groups is 1.